The normalized spacial score (nSPS) is 26.3. The van der Waals surface area contributed by atoms with Crippen LogP contribution in [0, 0.1) is 0 Å². The molecule has 15 heavy (non-hydrogen) atoms. The zero-order valence-electron chi connectivity index (χ0n) is 9.62. The van der Waals surface area contributed by atoms with E-state index in [0.29, 0.717) is 17.8 Å². The van der Waals surface area contributed by atoms with Crippen molar-refractivity contribution in [1.82, 2.24) is 5.32 Å². The second kappa shape index (κ2) is 7.12. The van der Waals surface area contributed by atoms with Crippen LogP contribution in [0.15, 0.2) is 0 Å². The highest BCUT2D eigenvalue weighted by molar-refractivity contribution is 7.99. The van der Waals surface area contributed by atoms with Crippen LogP contribution in [-0.4, -0.2) is 36.7 Å². The van der Waals surface area contributed by atoms with Gasteiger partial charge in [0.25, 0.3) is 0 Å². The fraction of sp³-hybridized carbons (Fsp3) is 0.909. The molecule has 0 unspecified atom stereocenters. The highest BCUT2D eigenvalue weighted by Gasteiger charge is 2.24. The number of hydrogen-bond acceptors (Lipinski definition) is 4. The molecule has 3 nitrogen and oxygen atoms in total. The first-order valence-electron chi connectivity index (χ1n) is 5.69. The summed E-state index contributed by atoms with van der Waals surface area (Å²) in [7, 11) is 1.43. The van der Waals surface area contributed by atoms with Gasteiger partial charge in [-0.2, -0.15) is 11.8 Å². The number of ether oxygens (including phenoxy) is 1. The molecule has 0 amide bonds. The van der Waals surface area contributed by atoms with E-state index in [-0.39, 0.29) is 5.97 Å². The minimum absolute atomic E-state index is 0.166. The highest BCUT2D eigenvalue weighted by Crippen LogP contribution is 2.28. The third-order valence-electron chi connectivity index (χ3n) is 2.82. The molecule has 2 atom stereocenters. The number of carbonyl (C=O) groups excluding carboxylic acids is 1. The second-order valence-electron chi connectivity index (χ2n) is 3.84. The van der Waals surface area contributed by atoms with Gasteiger partial charge in [-0.25, -0.2) is 0 Å². The number of carbonyl (C=O) groups is 1. The number of rotatable bonds is 5. The van der Waals surface area contributed by atoms with E-state index < -0.39 is 0 Å². The van der Waals surface area contributed by atoms with E-state index in [1.165, 1.54) is 32.8 Å². The first-order valence-corrected chi connectivity index (χ1v) is 6.74. The maximum atomic E-state index is 11.0. The van der Waals surface area contributed by atoms with Gasteiger partial charge in [0.15, 0.2) is 0 Å². The predicted molar refractivity (Wildman–Crippen MR) is 64.2 cm³/mol. The van der Waals surface area contributed by atoms with Crippen molar-refractivity contribution in [2.24, 2.45) is 0 Å². The molecule has 0 aliphatic heterocycles. The summed E-state index contributed by atoms with van der Waals surface area (Å²) in [5.74, 6) is 0.988. The van der Waals surface area contributed by atoms with Gasteiger partial charge in [0, 0.05) is 11.3 Å². The molecule has 1 aliphatic carbocycles. The van der Waals surface area contributed by atoms with Crippen LogP contribution < -0.4 is 5.32 Å². The maximum Gasteiger partial charge on any atom is 0.319 e. The summed E-state index contributed by atoms with van der Waals surface area (Å²) in [5, 5.41) is 3.99. The molecule has 0 bridgehead atoms. The average Bonchev–Trinajstić information content (AvgIpc) is 2.28. The van der Waals surface area contributed by atoms with Crippen LogP contribution in [0.4, 0.5) is 0 Å². The van der Waals surface area contributed by atoms with Crippen LogP contribution in [0.2, 0.25) is 0 Å². The van der Waals surface area contributed by atoms with Crippen LogP contribution in [0.3, 0.4) is 0 Å². The monoisotopic (exact) mass is 231 g/mol. The Morgan fingerprint density at radius 2 is 2.20 bits per heavy atom. The van der Waals surface area contributed by atoms with Crippen molar-refractivity contribution in [3.63, 3.8) is 0 Å². The van der Waals surface area contributed by atoms with Crippen LogP contribution in [-0.2, 0) is 9.53 Å². The second-order valence-corrected chi connectivity index (χ2v) is 5.36. The molecule has 0 aromatic heterocycles. The molecule has 1 saturated carbocycles. The third kappa shape index (κ3) is 4.43. The summed E-state index contributed by atoms with van der Waals surface area (Å²) in [4.78, 5) is 11.0. The molecule has 88 valence electrons. The third-order valence-corrected chi connectivity index (χ3v) is 4.15. The van der Waals surface area contributed by atoms with E-state index in [4.69, 9.17) is 0 Å². The Kier molecular flexibility index (Phi) is 6.10. The molecular weight excluding hydrogens is 210 g/mol. The van der Waals surface area contributed by atoms with Gasteiger partial charge in [-0.05, 0) is 18.6 Å². The summed E-state index contributed by atoms with van der Waals surface area (Å²) in [6, 6.07) is 0.489. The lowest BCUT2D eigenvalue weighted by atomic mass is 9.95. The molecule has 4 heteroatoms. The van der Waals surface area contributed by atoms with Gasteiger partial charge in [-0.3, -0.25) is 4.79 Å². The molecule has 0 spiro atoms. The van der Waals surface area contributed by atoms with Crippen LogP contribution in [0.25, 0.3) is 0 Å². The lowest BCUT2D eigenvalue weighted by molar-refractivity contribution is -0.139. The van der Waals surface area contributed by atoms with E-state index in [9.17, 15) is 4.79 Å². The molecule has 0 heterocycles. The standard InChI is InChI=1S/C11H21NO2S/c1-3-15-10-7-5-4-6-9(10)12-8-11(13)14-2/h9-10,12H,3-8H2,1-2H3/t9-,10-/m0/s1. The summed E-state index contributed by atoms with van der Waals surface area (Å²) in [6.07, 6.45) is 5.07. The molecule has 1 N–H and O–H groups in total. The molecule has 1 rings (SSSR count). The van der Waals surface area contributed by atoms with Crippen molar-refractivity contribution in [1.29, 1.82) is 0 Å². The van der Waals surface area contributed by atoms with Crippen molar-refractivity contribution in [3.05, 3.63) is 0 Å². The van der Waals surface area contributed by atoms with Gasteiger partial charge in [0.1, 0.15) is 0 Å². The first kappa shape index (κ1) is 12.8. The Balaban J connectivity index is 2.32. The number of thioether (sulfide) groups is 1. The summed E-state index contributed by atoms with van der Waals surface area (Å²) >= 11 is 2.00. The summed E-state index contributed by atoms with van der Waals surface area (Å²) < 4.78 is 4.63. The topological polar surface area (TPSA) is 38.3 Å². The van der Waals surface area contributed by atoms with Gasteiger partial charge in [0.2, 0.25) is 0 Å². The Labute approximate surface area is 96.3 Å². The van der Waals surface area contributed by atoms with E-state index in [1.54, 1.807) is 0 Å². The van der Waals surface area contributed by atoms with E-state index in [2.05, 4.69) is 17.0 Å². The molecule has 0 saturated heterocycles. The minimum Gasteiger partial charge on any atom is -0.468 e. The Hall–Kier alpha value is -0.220. The fourth-order valence-electron chi connectivity index (χ4n) is 2.03. The average molecular weight is 231 g/mol. The SMILES string of the molecule is CCS[C@H]1CCCC[C@@H]1NCC(=O)OC. The zero-order valence-corrected chi connectivity index (χ0v) is 10.4. The van der Waals surface area contributed by atoms with Crippen molar-refractivity contribution < 1.29 is 9.53 Å². The maximum absolute atomic E-state index is 11.0. The Morgan fingerprint density at radius 1 is 1.47 bits per heavy atom. The molecular formula is C11H21NO2S. The Bertz CT molecular complexity index is 197. The van der Waals surface area contributed by atoms with Crippen LogP contribution in [0.1, 0.15) is 32.6 Å². The highest BCUT2D eigenvalue weighted by atomic mass is 32.2. The van der Waals surface area contributed by atoms with Gasteiger partial charge in [0.05, 0.1) is 13.7 Å². The smallest absolute Gasteiger partial charge is 0.319 e. The van der Waals surface area contributed by atoms with Crippen molar-refractivity contribution in [2.45, 2.75) is 43.9 Å². The van der Waals surface area contributed by atoms with Crippen molar-refractivity contribution in [3.8, 4) is 0 Å². The lowest BCUT2D eigenvalue weighted by Gasteiger charge is -2.31. The minimum atomic E-state index is -0.166. The number of methoxy groups -OCH3 is 1. The molecule has 1 aliphatic rings. The molecule has 0 aromatic rings. The van der Waals surface area contributed by atoms with Crippen LogP contribution >= 0.6 is 11.8 Å². The number of esters is 1. The van der Waals surface area contributed by atoms with Gasteiger partial charge < -0.3 is 10.1 Å². The summed E-state index contributed by atoms with van der Waals surface area (Å²) in [5.41, 5.74) is 0. The van der Waals surface area contributed by atoms with E-state index >= 15 is 0 Å². The Morgan fingerprint density at radius 3 is 2.87 bits per heavy atom. The quantitative estimate of drug-likeness (QED) is 0.732. The predicted octanol–water partition coefficient (Wildman–Crippen LogP) is 1.81. The largest absolute Gasteiger partial charge is 0.468 e. The molecule has 1 fully saturated rings. The fourth-order valence-corrected chi connectivity index (χ4v) is 3.26. The summed E-state index contributed by atoms with van der Waals surface area (Å²) in [6.45, 7) is 2.54. The lowest BCUT2D eigenvalue weighted by Crippen LogP contribution is -2.43. The van der Waals surface area contributed by atoms with Gasteiger partial charge in [-0.1, -0.05) is 19.8 Å². The van der Waals surface area contributed by atoms with Crippen molar-refractivity contribution >= 4 is 17.7 Å². The number of nitrogens with one attached hydrogen (secondary N) is 1. The van der Waals surface area contributed by atoms with Crippen LogP contribution in [0.5, 0.6) is 0 Å². The molecule has 0 radical (unpaired) electrons. The van der Waals surface area contributed by atoms with E-state index in [0.717, 1.165) is 5.75 Å². The zero-order chi connectivity index (χ0) is 11.1. The molecule has 0 aromatic carbocycles. The van der Waals surface area contributed by atoms with Gasteiger partial charge >= 0.3 is 5.97 Å². The van der Waals surface area contributed by atoms with Crippen molar-refractivity contribution in [2.75, 3.05) is 19.4 Å². The van der Waals surface area contributed by atoms with E-state index in [1.807, 2.05) is 11.8 Å². The van der Waals surface area contributed by atoms with Gasteiger partial charge in [-0.15, -0.1) is 0 Å². The first-order chi connectivity index (χ1) is 7.27. The number of hydrogen-bond donors (Lipinski definition) is 1.